The molecule has 3 rings (SSSR count). The van der Waals surface area contributed by atoms with Gasteiger partial charge in [-0.2, -0.15) is 20.5 Å². The Kier molecular flexibility index (Phi) is 5.70. The van der Waals surface area contributed by atoms with E-state index in [4.69, 9.17) is 0 Å². The first kappa shape index (κ1) is 17.5. The Morgan fingerprint density at radius 2 is 1.96 bits per heavy atom. The Balaban J connectivity index is 1.82. The zero-order valence-electron chi connectivity index (χ0n) is 13.3. The number of halogens is 2. The fourth-order valence-electron chi connectivity index (χ4n) is 2.56. The van der Waals surface area contributed by atoms with Gasteiger partial charge in [0.05, 0.1) is 11.3 Å². The number of thioether (sulfide) groups is 1. The van der Waals surface area contributed by atoms with Crippen LogP contribution in [-0.4, -0.2) is 42.1 Å². The molecule has 8 heteroatoms. The Bertz CT molecular complexity index is 739. The quantitative estimate of drug-likeness (QED) is 0.879. The molecule has 0 saturated carbocycles. The predicted octanol–water partition coefficient (Wildman–Crippen LogP) is 3.49. The van der Waals surface area contributed by atoms with Gasteiger partial charge in [0.25, 0.3) is 5.91 Å². The van der Waals surface area contributed by atoms with Gasteiger partial charge in [-0.1, -0.05) is 12.1 Å². The first-order valence-electron chi connectivity index (χ1n) is 7.78. The summed E-state index contributed by atoms with van der Waals surface area (Å²) in [6, 6.07) is 9.39. The summed E-state index contributed by atoms with van der Waals surface area (Å²) in [4.78, 5) is 19.0. The van der Waals surface area contributed by atoms with Gasteiger partial charge in [-0.05, 0) is 24.3 Å². The van der Waals surface area contributed by atoms with Gasteiger partial charge in [-0.15, -0.1) is 0 Å². The normalized spacial score (nSPS) is 14.4. The van der Waals surface area contributed by atoms with E-state index in [1.54, 1.807) is 24.4 Å². The van der Waals surface area contributed by atoms with Crippen LogP contribution in [0.25, 0.3) is 0 Å². The van der Waals surface area contributed by atoms with Crippen molar-refractivity contribution in [1.29, 1.82) is 0 Å². The SMILES string of the molecule is O=C(Nc1cccnc1N1CCSCC1)c1ccccc1OC(F)F. The number of hydrogen-bond acceptors (Lipinski definition) is 5. The van der Waals surface area contributed by atoms with E-state index in [1.807, 2.05) is 11.8 Å². The molecule has 1 fully saturated rings. The van der Waals surface area contributed by atoms with Gasteiger partial charge in [0, 0.05) is 30.8 Å². The molecule has 1 aromatic heterocycles. The molecule has 0 radical (unpaired) electrons. The zero-order valence-corrected chi connectivity index (χ0v) is 14.1. The first-order chi connectivity index (χ1) is 12.1. The van der Waals surface area contributed by atoms with Crippen LogP contribution in [-0.2, 0) is 0 Å². The molecular formula is C17H17F2N3O2S. The number of nitrogens with zero attached hydrogens (tertiary/aromatic N) is 2. The number of carbonyl (C=O) groups is 1. The molecule has 0 aliphatic carbocycles. The molecule has 0 spiro atoms. The Morgan fingerprint density at radius 1 is 1.20 bits per heavy atom. The van der Waals surface area contributed by atoms with Crippen molar-refractivity contribution in [2.24, 2.45) is 0 Å². The summed E-state index contributed by atoms with van der Waals surface area (Å²) < 4.78 is 29.5. The molecule has 0 unspecified atom stereocenters. The van der Waals surface area contributed by atoms with Crippen molar-refractivity contribution in [2.45, 2.75) is 6.61 Å². The summed E-state index contributed by atoms with van der Waals surface area (Å²) in [6.07, 6.45) is 1.67. The minimum Gasteiger partial charge on any atom is -0.434 e. The average molecular weight is 365 g/mol. The smallest absolute Gasteiger partial charge is 0.387 e. The van der Waals surface area contributed by atoms with Gasteiger partial charge in [0.2, 0.25) is 0 Å². The summed E-state index contributed by atoms with van der Waals surface area (Å²) >= 11 is 1.87. The predicted molar refractivity (Wildman–Crippen MR) is 94.8 cm³/mol. The van der Waals surface area contributed by atoms with Crippen molar-refractivity contribution in [3.8, 4) is 5.75 Å². The van der Waals surface area contributed by atoms with Crippen LogP contribution in [0.4, 0.5) is 20.3 Å². The number of amides is 1. The number of carbonyl (C=O) groups excluding carboxylic acids is 1. The monoisotopic (exact) mass is 365 g/mol. The van der Waals surface area contributed by atoms with Crippen molar-refractivity contribution < 1.29 is 18.3 Å². The van der Waals surface area contributed by atoms with Gasteiger partial charge in [-0.25, -0.2) is 4.98 Å². The third-order valence-corrected chi connectivity index (χ3v) is 4.64. The van der Waals surface area contributed by atoms with Crippen LogP contribution in [0.2, 0.25) is 0 Å². The number of benzene rings is 1. The van der Waals surface area contributed by atoms with Crippen molar-refractivity contribution in [3.05, 3.63) is 48.2 Å². The third kappa shape index (κ3) is 4.39. The van der Waals surface area contributed by atoms with Crippen LogP contribution >= 0.6 is 11.8 Å². The molecule has 2 heterocycles. The van der Waals surface area contributed by atoms with Crippen molar-refractivity contribution >= 4 is 29.2 Å². The van der Waals surface area contributed by atoms with Gasteiger partial charge in [0.15, 0.2) is 5.82 Å². The average Bonchev–Trinajstić information content (AvgIpc) is 2.63. The van der Waals surface area contributed by atoms with Crippen LogP contribution in [0.1, 0.15) is 10.4 Å². The molecule has 25 heavy (non-hydrogen) atoms. The highest BCUT2D eigenvalue weighted by atomic mass is 32.2. The number of para-hydroxylation sites is 1. The van der Waals surface area contributed by atoms with Crippen LogP contribution in [0.15, 0.2) is 42.6 Å². The number of rotatable bonds is 5. The van der Waals surface area contributed by atoms with Crippen LogP contribution < -0.4 is 15.0 Å². The minimum absolute atomic E-state index is 0.0480. The molecule has 5 nitrogen and oxygen atoms in total. The Morgan fingerprint density at radius 3 is 2.72 bits per heavy atom. The van der Waals surface area contributed by atoms with Crippen LogP contribution in [0.3, 0.4) is 0 Å². The van der Waals surface area contributed by atoms with Crippen LogP contribution in [0, 0.1) is 0 Å². The maximum atomic E-state index is 12.6. The summed E-state index contributed by atoms with van der Waals surface area (Å²) in [5, 5.41) is 2.76. The summed E-state index contributed by atoms with van der Waals surface area (Å²) in [5.41, 5.74) is 0.595. The summed E-state index contributed by atoms with van der Waals surface area (Å²) in [6.45, 7) is -1.31. The lowest BCUT2D eigenvalue weighted by Crippen LogP contribution is -2.34. The number of pyridine rings is 1. The fourth-order valence-corrected chi connectivity index (χ4v) is 3.47. The maximum absolute atomic E-state index is 12.6. The number of aromatic nitrogens is 1. The van der Waals surface area contributed by atoms with E-state index >= 15 is 0 Å². The Hall–Kier alpha value is -2.35. The minimum atomic E-state index is -2.99. The van der Waals surface area contributed by atoms with E-state index in [1.165, 1.54) is 18.2 Å². The highest BCUT2D eigenvalue weighted by Crippen LogP contribution is 2.27. The molecule has 1 N–H and O–H groups in total. The molecule has 0 bridgehead atoms. The van der Waals surface area contributed by atoms with E-state index < -0.39 is 12.5 Å². The van der Waals surface area contributed by atoms with E-state index in [0.29, 0.717) is 11.5 Å². The first-order valence-corrected chi connectivity index (χ1v) is 8.93. The van der Waals surface area contributed by atoms with Crippen molar-refractivity contribution in [1.82, 2.24) is 4.98 Å². The fraction of sp³-hybridized carbons (Fsp3) is 0.294. The second-order valence-electron chi connectivity index (χ2n) is 5.30. The molecule has 1 saturated heterocycles. The van der Waals surface area contributed by atoms with E-state index in [2.05, 4.69) is 19.9 Å². The van der Waals surface area contributed by atoms with Crippen LogP contribution in [0.5, 0.6) is 5.75 Å². The number of anilines is 2. The van der Waals surface area contributed by atoms with E-state index in [9.17, 15) is 13.6 Å². The molecule has 1 aliphatic heterocycles. The molecule has 0 atom stereocenters. The summed E-state index contributed by atoms with van der Waals surface area (Å²) in [5.74, 6) is 2.00. The third-order valence-electron chi connectivity index (χ3n) is 3.69. The number of hydrogen-bond donors (Lipinski definition) is 1. The second kappa shape index (κ2) is 8.15. The number of ether oxygens (including phenoxy) is 1. The lowest BCUT2D eigenvalue weighted by molar-refractivity contribution is -0.0501. The molecule has 132 valence electrons. The van der Waals surface area contributed by atoms with Gasteiger partial charge < -0.3 is 15.0 Å². The molecular weight excluding hydrogens is 348 g/mol. The Labute approximate surface area is 148 Å². The number of alkyl halides is 2. The second-order valence-corrected chi connectivity index (χ2v) is 6.53. The molecule has 1 aromatic carbocycles. The van der Waals surface area contributed by atoms with E-state index in [-0.39, 0.29) is 11.3 Å². The lowest BCUT2D eigenvalue weighted by atomic mass is 10.2. The largest absolute Gasteiger partial charge is 0.434 e. The molecule has 1 aliphatic rings. The van der Waals surface area contributed by atoms with Gasteiger partial charge >= 0.3 is 6.61 Å². The van der Waals surface area contributed by atoms with Crippen molar-refractivity contribution in [2.75, 3.05) is 34.8 Å². The highest BCUT2D eigenvalue weighted by molar-refractivity contribution is 7.99. The standard InChI is InChI=1S/C17H17F2N3O2S/c18-17(19)24-14-6-2-1-4-12(14)16(23)21-13-5-3-7-20-15(13)22-8-10-25-11-9-22/h1-7,17H,8-11H2,(H,21,23). The zero-order chi connectivity index (χ0) is 17.6. The lowest BCUT2D eigenvalue weighted by Gasteiger charge is -2.29. The molecule has 1 amide bonds. The number of nitrogens with one attached hydrogen (secondary N) is 1. The van der Waals surface area contributed by atoms with E-state index in [0.717, 1.165) is 24.6 Å². The van der Waals surface area contributed by atoms with Crippen molar-refractivity contribution in [3.63, 3.8) is 0 Å². The topological polar surface area (TPSA) is 54.5 Å². The maximum Gasteiger partial charge on any atom is 0.387 e. The summed E-state index contributed by atoms with van der Waals surface area (Å²) in [7, 11) is 0. The highest BCUT2D eigenvalue weighted by Gasteiger charge is 2.20. The van der Waals surface area contributed by atoms with Gasteiger partial charge in [0.1, 0.15) is 5.75 Å². The molecule has 2 aromatic rings. The van der Waals surface area contributed by atoms with Gasteiger partial charge in [-0.3, -0.25) is 4.79 Å².